The van der Waals surface area contributed by atoms with Crippen LogP contribution in [0.4, 0.5) is 0 Å². The Bertz CT molecular complexity index is 923. The Labute approximate surface area is 176 Å². The molecular weight excluding hydrogens is 412 g/mol. The maximum Gasteiger partial charge on any atom is 0.244 e. The standard InChI is InChI=1S/C21H25ClN2O4S/c1-23(10-13-28-19-9-5-8-18(22)16-19)21(25)20(17-6-3-2-4-7-17)24-11-14-29(26,27)15-12-24/h2-9,16,20H,10-15H2,1H3. The minimum absolute atomic E-state index is 0.0746. The van der Waals surface area contributed by atoms with Gasteiger partial charge in [-0.2, -0.15) is 0 Å². The Morgan fingerprint density at radius 3 is 2.48 bits per heavy atom. The normalized spacial score (nSPS) is 17.4. The number of carbonyl (C=O) groups is 1. The molecule has 1 amide bonds. The van der Waals surface area contributed by atoms with Gasteiger partial charge in [0.15, 0.2) is 9.84 Å². The van der Waals surface area contributed by atoms with E-state index < -0.39 is 15.9 Å². The Balaban J connectivity index is 1.67. The van der Waals surface area contributed by atoms with E-state index in [1.165, 1.54) is 0 Å². The minimum atomic E-state index is -3.02. The van der Waals surface area contributed by atoms with E-state index >= 15 is 0 Å². The van der Waals surface area contributed by atoms with Crippen LogP contribution in [0.3, 0.4) is 0 Å². The first-order valence-electron chi connectivity index (χ1n) is 9.48. The maximum absolute atomic E-state index is 13.3. The summed E-state index contributed by atoms with van der Waals surface area (Å²) >= 11 is 5.96. The van der Waals surface area contributed by atoms with Gasteiger partial charge in [0.25, 0.3) is 0 Å². The molecule has 6 nitrogen and oxygen atoms in total. The number of halogens is 1. The predicted octanol–water partition coefficient (Wildman–Crippen LogP) is 2.65. The number of likely N-dealkylation sites (N-methyl/N-ethyl adjacent to an activating group) is 1. The van der Waals surface area contributed by atoms with Crippen molar-refractivity contribution in [2.24, 2.45) is 0 Å². The number of nitrogens with zero attached hydrogens (tertiary/aromatic N) is 2. The van der Waals surface area contributed by atoms with Crippen molar-refractivity contribution < 1.29 is 17.9 Å². The van der Waals surface area contributed by atoms with Crippen LogP contribution >= 0.6 is 11.6 Å². The predicted molar refractivity (Wildman–Crippen MR) is 114 cm³/mol. The Hall–Kier alpha value is -2.09. The lowest BCUT2D eigenvalue weighted by atomic mass is 10.0. The van der Waals surface area contributed by atoms with Gasteiger partial charge in [0.05, 0.1) is 18.1 Å². The van der Waals surface area contributed by atoms with Crippen molar-refractivity contribution >= 4 is 27.3 Å². The number of carbonyl (C=O) groups excluding carboxylic acids is 1. The summed E-state index contributed by atoms with van der Waals surface area (Å²) in [6, 6.07) is 16.1. The first kappa shape index (κ1) is 21.6. The number of sulfone groups is 1. The number of ether oxygens (including phenoxy) is 1. The number of hydrogen-bond donors (Lipinski definition) is 0. The van der Waals surface area contributed by atoms with Crippen LogP contribution in [0.2, 0.25) is 5.02 Å². The highest BCUT2D eigenvalue weighted by atomic mass is 35.5. The third-order valence-corrected chi connectivity index (χ3v) is 6.81. The highest BCUT2D eigenvalue weighted by Crippen LogP contribution is 2.25. The molecule has 1 atom stereocenters. The van der Waals surface area contributed by atoms with Crippen molar-refractivity contribution in [2.45, 2.75) is 6.04 Å². The molecule has 1 heterocycles. The molecule has 0 N–H and O–H groups in total. The van der Waals surface area contributed by atoms with Gasteiger partial charge in [-0.15, -0.1) is 0 Å². The molecule has 3 rings (SSSR count). The SMILES string of the molecule is CN(CCOc1cccc(Cl)c1)C(=O)C(c1ccccc1)N1CCS(=O)(=O)CC1. The van der Waals surface area contributed by atoms with Crippen LogP contribution in [0.5, 0.6) is 5.75 Å². The van der Waals surface area contributed by atoms with Gasteiger partial charge in [-0.3, -0.25) is 9.69 Å². The monoisotopic (exact) mass is 436 g/mol. The molecule has 0 saturated carbocycles. The fraction of sp³-hybridized carbons (Fsp3) is 0.381. The van der Waals surface area contributed by atoms with E-state index in [0.717, 1.165) is 5.56 Å². The van der Waals surface area contributed by atoms with Gasteiger partial charge in [-0.1, -0.05) is 48.0 Å². The summed E-state index contributed by atoms with van der Waals surface area (Å²) < 4.78 is 29.3. The lowest BCUT2D eigenvalue weighted by Gasteiger charge is -2.35. The quantitative estimate of drug-likeness (QED) is 0.667. The van der Waals surface area contributed by atoms with Crippen LogP contribution in [0.25, 0.3) is 0 Å². The highest BCUT2D eigenvalue weighted by molar-refractivity contribution is 7.91. The lowest BCUT2D eigenvalue weighted by Crippen LogP contribution is -2.48. The van der Waals surface area contributed by atoms with Crippen molar-refractivity contribution in [3.8, 4) is 5.75 Å². The fourth-order valence-electron chi connectivity index (χ4n) is 3.31. The molecular formula is C21H25ClN2O4S. The Morgan fingerprint density at radius 2 is 1.83 bits per heavy atom. The van der Waals surface area contributed by atoms with Crippen LogP contribution in [-0.4, -0.2) is 68.9 Å². The highest BCUT2D eigenvalue weighted by Gasteiger charge is 2.33. The molecule has 1 aliphatic heterocycles. The second-order valence-electron chi connectivity index (χ2n) is 7.07. The molecule has 0 spiro atoms. The van der Waals surface area contributed by atoms with Crippen LogP contribution in [0, 0.1) is 0 Å². The van der Waals surface area contributed by atoms with Gasteiger partial charge in [-0.25, -0.2) is 8.42 Å². The number of hydrogen-bond acceptors (Lipinski definition) is 5. The summed E-state index contributed by atoms with van der Waals surface area (Å²) in [5.74, 6) is 0.723. The molecule has 1 unspecified atom stereocenters. The summed E-state index contributed by atoms with van der Waals surface area (Å²) in [7, 11) is -1.29. The molecule has 1 saturated heterocycles. The molecule has 1 aliphatic rings. The summed E-state index contributed by atoms with van der Waals surface area (Å²) in [6.07, 6.45) is 0. The molecule has 8 heteroatoms. The smallest absolute Gasteiger partial charge is 0.244 e. The van der Waals surface area contributed by atoms with E-state index in [1.54, 1.807) is 24.1 Å². The molecule has 0 aliphatic carbocycles. The average molecular weight is 437 g/mol. The number of amides is 1. The first-order valence-corrected chi connectivity index (χ1v) is 11.7. The minimum Gasteiger partial charge on any atom is -0.492 e. The van der Waals surface area contributed by atoms with Crippen molar-refractivity contribution in [1.29, 1.82) is 0 Å². The lowest BCUT2D eigenvalue weighted by molar-refractivity contribution is -0.136. The molecule has 1 fully saturated rings. The van der Waals surface area contributed by atoms with E-state index in [4.69, 9.17) is 16.3 Å². The average Bonchev–Trinajstić information content (AvgIpc) is 2.70. The van der Waals surface area contributed by atoms with Gasteiger partial charge in [0.1, 0.15) is 18.4 Å². The number of rotatable bonds is 7. The fourth-order valence-corrected chi connectivity index (χ4v) is 4.72. The van der Waals surface area contributed by atoms with Gasteiger partial charge >= 0.3 is 0 Å². The zero-order chi connectivity index (χ0) is 20.9. The van der Waals surface area contributed by atoms with E-state index in [1.807, 2.05) is 47.4 Å². The molecule has 29 heavy (non-hydrogen) atoms. The van der Waals surface area contributed by atoms with E-state index in [0.29, 0.717) is 37.0 Å². The zero-order valence-corrected chi connectivity index (χ0v) is 17.9. The first-order chi connectivity index (χ1) is 13.9. The van der Waals surface area contributed by atoms with Gasteiger partial charge < -0.3 is 9.64 Å². The van der Waals surface area contributed by atoms with E-state index in [9.17, 15) is 13.2 Å². The van der Waals surface area contributed by atoms with Crippen molar-refractivity contribution in [3.63, 3.8) is 0 Å². The second-order valence-corrected chi connectivity index (χ2v) is 9.81. The van der Waals surface area contributed by atoms with Crippen molar-refractivity contribution in [2.75, 3.05) is 44.8 Å². The van der Waals surface area contributed by atoms with Crippen LogP contribution in [0.1, 0.15) is 11.6 Å². The zero-order valence-electron chi connectivity index (χ0n) is 16.3. The Kier molecular flexibility index (Phi) is 7.16. The topological polar surface area (TPSA) is 66.9 Å². The largest absolute Gasteiger partial charge is 0.492 e. The summed E-state index contributed by atoms with van der Waals surface area (Å²) in [5, 5.41) is 0.594. The third-order valence-electron chi connectivity index (χ3n) is 4.96. The second kappa shape index (κ2) is 9.61. The summed E-state index contributed by atoms with van der Waals surface area (Å²) in [6.45, 7) is 1.43. The van der Waals surface area contributed by atoms with Gasteiger partial charge in [0.2, 0.25) is 5.91 Å². The summed E-state index contributed by atoms with van der Waals surface area (Å²) in [5.41, 5.74) is 0.861. The van der Waals surface area contributed by atoms with Crippen molar-refractivity contribution in [3.05, 3.63) is 65.2 Å². The summed E-state index contributed by atoms with van der Waals surface area (Å²) in [4.78, 5) is 16.8. The molecule has 2 aromatic carbocycles. The molecule has 0 bridgehead atoms. The molecule has 0 radical (unpaired) electrons. The van der Waals surface area contributed by atoms with E-state index in [-0.39, 0.29) is 17.4 Å². The number of benzene rings is 2. The molecule has 2 aromatic rings. The third kappa shape index (κ3) is 5.95. The molecule has 0 aromatic heterocycles. The maximum atomic E-state index is 13.3. The van der Waals surface area contributed by atoms with Crippen LogP contribution < -0.4 is 4.74 Å². The van der Waals surface area contributed by atoms with Gasteiger partial charge in [0, 0.05) is 25.2 Å². The Morgan fingerprint density at radius 1 is 1.14 bits per heavy atom. The molecule has 156 valence electrons. The van der Waals surface area contributed by atoms with Gasteiger partial charge in [-0.05, 0) is 23.8 Å². The van der Waals surface area contributed by atoms with Crippen LogP contribution in [0.15, 0.2) is 54.6 Å². The van der Waals surface area contributed by atoms with Crippen LogP contribution in [-0.2, 0) is 14.6 Å². The van der Waals surface area contributed by atoms with Crippen molar-refractivity contribution in [1.82, 2.24) is 9.80 Å². The van der Waals surface area contributed by atoms with E-state index in [2.05, 4.69) is 0 Å².